The zero-order chi connectivity index (χ0) is 13.8. The largest absolute Gasteiger partial charge is 0.389 e. The van der Waals surface area contributed by atoms with Crippen molar-refractivity contribution in [2.24, 2.45) is 0 Å². The van der Waals surface area contributed by atoms with Gasteiger partial charge in [-0.2, -0.15) is 0 Å². The van der Waals surface area contributed by atoms with Crippen LogP contribution in [-0.4, -0.2) is 50.6 Å². The summed E-state index contributed by atoms with van der Waals surface area (Å²) in [7, 11) is 2.11. The molecule has 0 radical (unpaired) electrons. The van der Waals surface area contributed by atoms with Gasteiger partial charge in [0.05, 0.1) is 30.2 Å². The first-order chi connectivity index (χ1) is 9.08. The lowest BCUT2D eigenvalue weighted by Crippen LogP contribution is -2.43. The van der Waals surface area contributed by atoms with Crippen molar-refractivity contribution < 1.29 is 9.84 Å². The summed E-state index contributed by atoms with van der Waals surface area (Å²) < 4.78 is 5.47. The van der Waals surface area contributed by atoms with Crippen molar-refractivity contribution in [1.29, 1.82) is 0 Å². The van der Waals surface area contributed by atoms with Crippen molar-refractivity contribution in [3.05, 3.63) is 24.3 Å². The summed E-state index contributed by atoms with van der Waals surface area (Å²) in [6.07, 6.45) is -0.284. The molecular formula is C15H24N2O2. The zero-order valence-electron chi connectivity index (χ0n) is 12.0. The number of hydrogen-bond acceptors (Lipinski definition) is 4. The molecule has 1 aromatic carbocycles. The highest BCUT2D eigenvalue weighted by atomic mass is 16.5. The molecule has 2 rings (SSSR count). The van der Waals surface area contributed by atoms with Gasteiger partial charge in [0.15, 0.2) is 0 Å². The number of ether oxygens (including phenoxy) is 1. The molecule has 1 aromatic rings. The molecule has 0 fully saturated rings. The van der Waals surface area contributed by atoms with Crippen LogP contribution in [0, 0.1) is 0 Å². The molecule has 0 spiro atoms. The van der Waals surface area contributed by atoms with Gasteiger partial charge in [-0.3, -0.25) is 0 Å². The van der Waals surface area contributed by atoms with Gasteiger partial charge in [0.25, 0.3) is 0 Å². The van der Waals surface area contributed by atoms with Crippen LogP contribution < -0.4 is 9.80 Å². The van der Waals surface area contributed by atoms with Gasteiger partial charge in [-0.15, -0.1) is 0 Å². The second-order valence-corrected chi connectivity index (χ2v) is 5.39. The number of likely N-dealkylation sites (N-methyl/N-ethyl adjacent to an activating group) is 1. The maximum atomic E-state index is 10.1. The molecule has 0 aliphatic carbocycles. The van der Waals surface area contributed by atoms with E-state index in [0.29, 0.717) is 13.2 Å². The van der Waals surface area contributed by atoms with Gasteiger partial charge in [-0.1, -0.05) is 12.1 Å². The highest BCUT2D eigenvalue weighted by Gasteiger charge is 2.21. The minimum Gasteiger partial charge on any atom is -0.389 e. The lowest BCUT2D eigenvalue weighted by Gasteiger charge is -2.37. The molecule has 4 nitrogen and oxygen atoms in total. The van der Waals surface area contributed by atoms with E-state index >= 15 is 0 Å². The first-order valence-electron chi connectivity index (χ1n) is 6.92. The number of aliphatic hydroxyl groups excluding tert-OH is 1. The van der Waals surface area contributed by atoms with Crippen LogP contribution in [0.1, 0.15) is 13.8 Å². The van der Waals surface area contributed by atoms with Crippen molar-refractivity contribution in [3.63, 3.8) is 0 Å². The lowest BCUT2D eigenvalue weighted by molar-refractivity contribution is 0.00889. The molecule has 106 valence electrons. The van der Waals surface area contributed by atoms with Gasteiger partial charge in [-0.25, -0.2) is 0 Å². The van der Waals surface area contributed by atoms with E-state index in [2.05, 4.69) is 35.0 Å². The summed E-state index contributed by atoms with van der Waals surface area (Å²) in [6.45, 7) is 6.90. The van der Waals surface area contributed by atoms with Crippen molar-refractivity contribution in [3.8, 4) is 0 Å². The van der Waals surface area contributed by atoms with Crippen LogP contribution in [0.4, 0.5) is 11.4 Å². The fraction of sp³-hybridized carbons (Fsp3) is 0.600. The Balaban J connectivity index is 2.00. The molecule has 0 bridgehead atoms. The van der Waals surface area contributed by atoms with Gasteiger partial charge in [0.1, 0.15) is 0 Å². The van der Waals surface area contributed by atoms with E-state index in [1.165, 1.54) is 11.4 Å². The molecule has 0 saturated carbocycles. The average Bonchev–Trinajstić information content (AvgIpc) is 2.40. The summed E-state index contributed by atoms with van der Waals surface area (Å²) in [4.78, 5) is 4.49. The summed E-state index contributed by atoms with van der Waals surface area (Å²) in [5.74, 6) is 0. The Morgan fingerprint density at radius 3 is 2.58 bits per heavy atom. The lowest BCUT2D eigenvalue weighted by atomic mass is 10.1. The average molecular weight is 264 g/mol. The maximum absolute atomic E-state index is 10.1. The maximum Gasteiger partial charge on any atom is 0.0948 e. The van der Waals surface area contributed by atoms with E-state index in [1.54, 1.807) is 0 Å². The number of aliphatic hydroxyl groups is 1. The summed E-state index contributed by atoms with van der Waals surface area (Å²) in [5, 5.41) is 10.1. The molecule has 1 unspecified atom stereocenters. The molecule has 0 saturated heterocycles. The fourth-order valence-electron chi connectivity index (χ4n) is 2.37. The molecule has 0 amide bonds. The fourth-order valence-corrected chi connectivity index (χ4v) is 2.37. The molecule has 19 heavy (non-hydrogen) atoms. The van der Waals surface area contributed by atoms with Gasteiger partial charge in [-0.05, 0) is 26.0 Å². The first-order valence-corrected chi connectivity index (χ1v) is 6.92. The molecule has 1 aliphatic heterocycles. The smallest absolute Gasteiger partial charge is 0.0948 e. The minimum absolute atomic E-state index is 0.162. The van der Waals surface area contributed by atoms with Crippen LogP contribution in [0.3, 0.4) is 0 Å². The highest BCUT2D eigenvalue weighted by Crippen LogP contribution is 2.31. The molecule has 1 N–H and O–H groups in total. The normalized spacial score (nSPS) is 16.7. The number of β-amino-alcohol motifs (C(OH)–C–C–N with tert-alkyl or cyclic N) is 1. The third kappa shape index (κ3) is 3.61. The number of rotatable bonds is 5. The Morgan fingerprint density at radius 2 is 1.89 bits per heavy atom. The summed E-state index contributed by atoms with van der Waals surface area (Å²) in [6, 6.07) is 8.33. The Kier molecular flexibility index (Phi) is 4.66. The number of fused-ring (bicyclic) bond motifs is 1. The Morgan fingerprint density at radius 1 is 1.21 bits per heavy atom. The van der Waals surface area contributed by atoms with Crippen LogP contribution in [0.25, 0.3) is 0 Å². The molecule has 1 aliphatic rings. The van der Waals surface area contributed by atoms with Gasteiger partial charge in [0, 0.05) is 26.7 Å². The number of benzene rings is 1. The van der Waals surface area contributed by atoms with Crippen LogP contribution in [0.5, 0.6) is 0 Å². The van der Waals surface area contributed by atoms with E-state index in [-0.39, 0.29) is 6.10 Å². The third-order valence-electron chi connectivity index (χ3n) is 3.39. The van der Waals surface area contributed by atoms with Gasteiger partial charge >= 0.3 is 0 Å². The van der Waals surface area contributed by atoms with Crippen molar-refractivity contribution in [2.75, 3.05) is 43.1 Å². The van der Waals surface area contributed by atoms with Crippen molar-refractivity contribution in [2.45, 2.75) is 26.1 Å². The van der Waals surface area contributed by atoms with Crippen LogP contribution in [-0.2, 0) is 4.74 Å². The first kappa shape index (κ1) is 14.2. The third-order valence-corrected chi connectivity index (χ3v) is 3.39. The van der Waals surface area contributed by atoms with E-state index < -0.39 is 6.10 Å². The van der Waals surface area contributed by atoms with E-state index in [1.807, 2.05) is 19.9 Å². The predicted molar refractivity (Wildman–Crippen MR) is 79.0 cm³/mol. The second kappa shape index (κ2) is 6.26. The monoisotopic (exact) mass is 264 g/mol. The zero-order valence-corrected chi connectivity index (χ0v) is 12.0. The predicted octanol–water partition coefficient (Wildman–Crippen LogP) is 1.73. The number of nitrogens with zero attached hydrogens (tertiary/aromatic N) is 2. The summed E-state index contributed by atoms with van der Waals surface area (Å²) >= 11 is 0. The Labute approximate surface area is 115 Å². The molecule has 4 heteroatoms. The quantitative estimate of drug-likeness (QED) is 0.878. The topological polar surface area (TPSA) is 35.9 Å². The van der Waals surface area contributed by atoms with E-state index in [0.717, 1.165) is 13.1 Å². The van der Waals surface area contributed by atoms with Crippen LogP contribution >= 0.6 is 0 Å². The molecular weight excluding hydrogens is 240 g/mol. The number of para-hydroxylation sites is 2. The second-order valence-electron chi connectivity index (χ2n) is 5.39. The van der Waals surface area contributed by atoms with E-state index in [4.69, 9.17) is 4.74 Å². The van der Waals surface area contributed by atoms with Crippen molar-refractivity contribution >= 4 is 11.4 Å². The molecule has 1 atom stereocenters. The number of hydrogen-bond donors (Lipinski definition) is 1. The SMILES string of the molecule is CC(C)OCC(O)CN1CCN(C)c2ccccc21. The minimum atomic E-state index is -0.445. The summed E-state index contributed by atoms with van der Waals surface area (Å²) in [5.41, 5.74) is 2.42. The van der Waals surface area contributed by atoms with Crippen molar-refractivity contribution in [1.82, 2.24) is 0 Å². The standard InChI is InChI=1S/C15H24N2O2/c1-12(2)19-11-13(18)10-17-9-8-16(3)14-6-4-5-7-15(14)17/h4-7,12-13,18H,8-11H2,1-3H3. The van der Waals surface area contributed by atoms with E-state index in [9.17, 15) is 5.11 Å². The van der Waals surface area contributed by atoms with Crippen LogP contribution in [0.15, 0.2) is 24.3 Å². The van der Waals surface area contributed by atoms with Crippen LogP contribution in [0.2, 0.25) is 0 Å². The Hall–Kier alpha value is -1.26. The number of anilines is 2. The Bertz CT molecular complexity index is 409. The van der Waals surface area contributed by atoms with Gasteiger partial charge in [0.2, 0.25) is 0 Å². The molecule has 0 aromatic heterocycles. The molecule has 1 heterocycles. The van der Waals surface area contributed by atoms with Gasteiger partial charge < -0.3 is 19.6 Å². The highest BCUT2D eigenvalue weighted by molar-refractivity contribution is 5.73.